The summed E-state index contributed by atoms with van der Waals surface area (Å²) < 4.78 is 44.9. The van der Waals surface area contributed by atoms with Crippen molar-refractivity contribution in [3.63, 3.8) is 0 Å². The van der Waals surface area contributed by atoms with E-state index in [9.17, 15) is 13.2 Å². The minimum absolute atomic E-state index is 0.00399. The fraction of sp³-hybridized carbons (Fsp3) is 0.143. The Morgan fingerprint density at radius 1 is 1.14 bits per heavy atom. The Balaban J connectivity index is 2.24. The lowest BCUT2D eigenvalue weighted by Gasteiger charge is -2.15. The van der Waals surface area contributed by atoms with Gasteiger partial charge >= 0.3 is 6.18 Å². The van der Waals surface area contributed by atoms with Gasteiger partial charge in [-0.15, -0.1) is 0 Å². The van der Waals surface area contributed by atoms with E-state index in [1.54, 1.807) is 18.2 Å². The molecule has 112 valence electrons. The molecule has 0 atom stereocenters. The van der Waals surface area contributed by atoms with Gasteiger partial charge in [0.15, 0.2) is 0 Å². The summed E-state index contributed by atoms with van der Waals surface area (Å²) in [5, 5.41) is 0.313. The van der Waals surface area contributed by atoms with E-state index in [-0.39, 0.29) is 17.9 Å². The number of ether oxygens (including phenoxy) is 1. The Labute approximate surface area is 132 Å². The molecule has 0 aromatic heterocycles. The number of halogens is 5. The Morgan fingerprint density at radius 2 is 1.86 bits per heavy atom. The van der Waals surface area contributed by atoms with Gasteiger partial charge in [-0.05, 0) is 30.3 Å². The second-order valence-electron chi connectivity index (χ2n) is 4.28. The highest BCUT2D eigenvalue weighted by atomic mass is 79.9. The monoisotopic (exact) mass is 379 g/mol. The van der Waals surface area contributed by atoms with E-state index < -0.39 is 11.7 Å². The van der Waals surface area contributed by atoms with Crippen molar-refractivity contribution in [2.75, 3.05) is 5.73 Å². The number of anilines is 1. The average molecular weight is 381 g/mol. The maximum absolute atomic E-state index is 12.9. The van der Waals surface area contributed by atoms with Gasteiger partial charge in [0.1, 0.15) is 12.4 Å². The third-order valence-electron chi connectivity index (χ3n) is 2.72. The second kappa shape index (κ2) is 6.15. The lowest BCUT2D eigenvalue weighted by molar-refractivity contribution is -0.138. The van der Waals surface area contributed by atoms with Crippen LogP contribution in [0.1, 0.15) is 11.1 Å². The van der Waals surface area contributed by atoms with Gasteiger partial charge in [0.25, 0.3) is 0 Å². The molecule has 2 N–H and O–H groups in total. The van der Waals surface area contributed by atoms with Crippen molar-refractivity contribution in [2.45, 2.75) is 12.8 Å². The van der Waals surface area contributed by atoms with Gasteiger partial charge in [-0.1, -0.05) is 33.6 Å². The molecular formula is C14H10BrClF3NO. The zero-order valence-corrected chi connectivity index (χ0v) is 12.9. The molecule has 21 heavy (non-hydrogen) atoms. The van der Waals surface area contributed by atoms with Crippen molar-refractivity contribution in [2.24, 2.45) is 0 Å². The molecule has 7 heteroatoms. The number of hydrogen-bond acceptors (Lipinski definition) is 2. The molecule has 0 saturated heterocycles. The fourth-order valence-corrected chi connectivity index (χ4v) is 2.46. The fourth-order valence-electron chi connectivity index (χ4n) is 1.73. The molecule has 0 saturated carbocycles. The highest BCUT2D eigenvalue weighted by Gasteiger charge is 2.33. The number of nitrogen functional groups attached to an aromatic ring is 1. The average Bonchev–Trinajstić information content (AvgIpc) is 2.38. The molecule has 0 unspecified atom stereocenters. The summed E-state index contributed by atoms with van der Waals surface area (Å²) in [6, 6.07) is 8.46. The van der Waals surface area contributed by atoms with Gasteiger partial charge in [-0.3, -0.25) is 0 Å². The Morgan fingerprint density at radius 3 is 2.48 bits per heavy atom. The molecule has 0 aliphatic rings. The number of hydrogen-bond donors (Lipinski definition) is 1. The van der Waals surface area contributed by atoms with E-state index in [1.807, 2.05) is 0 Å². The molecule has 0 bridgehead atoms. The van der Waals surface area contributed by atoms with Crippen LogP contribution in [0.15, 0.2) is 40.9 Å². The Hall–Kier alpha value is -1.40. The van der Waals surface area contributed by atoms with Crippen LogP contribution in [-0.4, -0.2) is 0 Å². The van der Waals surface area contributed by atoms with Crippen molar-refractivity contribution < 1.29 is 17.9 Å². The first kappa shape index (κ1) is 16.0. The van der Waals surface area contributed by atoms with Crippen LogP contribution >= 0.6 is 27.5 Å². The minimum atomic E-state index is -4.49. The van der Waals surface area contributed by atoms with Crippen molar-refractivity contribution >= 4 is 33.2 Å². The van der Waals surface area contributed by atoms with Crippen molar-refractivity contribution in [3.05, 3.63) is 57.0 Å². The quantitative estimate of drug-likeness (QED) is 0.735. The van der Waals surface area contributed by atoms with Gasteiger partial charge in [0.05, 0.1) is 10.6 Å². The van der Waals surface area contributed by atoms with E-state index in [4.69, 9.17) is 22.1 Å². The van der Waals surface area contributed by atoms with Gasteiger partial charge in [-0.2, -0.15) is 13.2 Å². The van der Waals surface area contributed by atoms with E-state index >= 15 is 0 Å². The van der Waals surface area contributed by atoms with Crippen molar-refractivity contribution in [3.8, 4) is 5.75 Å². The third kappa shape index (κ3) is 4.04. The lowest BCUT2D eigenvalue weighted by Crippen LogP contribution is -2.11. The molecule has 2 aromatic carbocycles. The smallest absolute Gasteiger partial charge is 0.416 e. The zero-order valence-electron chi connectivity index (χ0n) is 10.5. The highest BCUT2D eigenvalue weighted by molar-refractivity contribution is 9.10. The summed E-state index contributed by atoms with van der Waals surface area (Å²) >= 11 is 9.19. The lowest BCUT2D eigenvalue weighted by atomic mass is 10.1. The number of benzene rings is 2. The van der Waals surface area contributed by atoms with E-state index in [1.165, 1.54) is 12.1 Å². The van der Waals surface area contributed by atoms with E-state index in [0.717, 1.165) is 10.5 Å². The van der Waals surface area contributed by atoms with Crippen molar-refractivity contribution in [1.82, 2.24) is 0 Å². The van der Waals surface area contributed by atoms with Crippen molar-refractivity contribution in [1.29, 1.82) is 0 Å². The largest absolute Gasteiger partial charge is 0.487 e. The molecule has 0 amide bonds. The molecule has 2 nitrogen and oxygen atoms in total. The molecule has 0 spiro atoms. The van der Waals surface area contributed by atoms with E-state index in [0.29, 0.717) is 10.8 Å². The normalized spacial score (nSPS) is 11.5. The first-order valence-electron chi connectivity index (χ1n) is 5.81. The summed E-state index contributed by atoms with van der Waals surface area (Å²) in [5.41, 5.74) is 4.64. The van der Waals surface area contributed by atoms with Crippen LogP contribution in [0, 0.1) is 0 Å². The zero-order chi connectivity index (χ0) is 15.6. The minimum Gasteiger partial charge on any atom is -0.487 e. The third-order valence-corrected chi connectivity index (χ3v) is 3.51. The molecule has 0 fully saturated rings. The molecule has 0 heterocycles. The molecular weight excluding hydrogens is 371 g/mol. The number of nitrogens with two attached hydrogens (primary N) is 1. The van der Waals surface area contributed by atoms with Gasteiger partial charge < -0.3 is 10.5 Å². The molecule has 0 aliphatic carbocycles. The highest BCUT2D eigenvalue weighted by Crippen LogP contribution is 2.34. The molecule has 0 radical (unpaired) electrons. The summed E-state index contributed by atoms with van der Waals surface area (Å²) in [4.78, 5) is 0. The molecule has 0 aliphatic heterocycles. The predicted octanol–water partition coefficient (Wildman–Crippen LogP) is 5.28. The first-order valence-corrected chi connectivity index (χ1v) is 6.98. The van der Waals surface area contributed by atoms with Crippen LogP contribution in [0.5, 0.6) is 5.75 Å². The first-order chi connectivity index (χ1) is 9.77. The summed E-state index contributed by atoms with van der Waals surface area (Å²) in [6.45, 7) is -0.253. The maximum atomic E-state index is 12.9. The van der Waals surface area contributed by atoms with Crippen LogP contribution in [0.25, 0.3) is 0 Å². The maximum Gasteiger partial charge on any atom is 0.416 e. The molecule has 2 aromatic rings. The van der Waals surface area contributed by atoms with Crippen LogP contribution in [0.4, 0.5) is 18.9 Å². The standard InChI is InChI=1S/C14H10BrClF3NO/c15-9-2-4-13(12(16)5-9)21-7-8-1-3-10(20)6-11(8)14(17,18)19/h1-6H,7,20H2. The predicted molar refractivity (Wildman–Crippen MR) is 79.3 cm³/mol. The Kier molecular flexibility index (Phi) is 4.68. The van der Waals surface area contributed by atoms with E-state index in [2.05, 4.69) is 15.9 Å². The number of rotatable bonds is 3. The second-order valence-corrected chi connectivity index (χ2v) is 5.60. The van der Waals surface area contributed by atoms with Gasteiger partial charge in [-0.25, -0.2) is 0 Å². The summed E-state index contributed by atoms with van der Waals surface area (Å²) in [7, 11) is 0. The van der Waals surface area contributed by atoms with Crippen LogP contribution < -0.4 is 10.5 Å². The van der Waals surface area contributed by atoms with Crippen LogP contribution in [-0.2, 0) is 12.8 Å². The van der Waals surface area contributed by atoms with Crippen LogP contribution in [0.2, 0.25) is 5.02 Å². The summed E-state index contributed by atoms with van der Waals surface area (Å²) in [6.07, 6.45) is -4.49. The Bertz CT molecular complexity index is 661. The summed E-state index contributed by atoms with van der Waals surface area (Å²) in [5.74, 6) is 0.310. The SMILES string of the molecule is Nc1ccc(COc2ccc(Br)cc2Cl)c(C(F)(F)F)c1. The number of alkyl halides is 3. The van der Waals surface area contributed by atoms with Crippen LogP contribution in [0.3, 0.4) is 0 Å². The molecule has 2 rings (SSSR count). The topological polar surface area (TPSA) is 35.2 Å². The van der Waals surface area contributed by atoms with Gasteiger partial charge in [0, 0.05) is 15.7 Å². The van der Waals surface area contributed by atoms with Gasteiger partial charge in [0.2, 0.25) is 0 Å².